The van der Waals surface area contributed by atoms with Crippen molar-refractivity contribution < 1.29 is 28.3 Å². The van der Waals surface area contributed by atoms with E-state index in [0.717, 1.165) is 6.07 Å². The summed E-state index contributed by atoms with van der Waals surface area (Å²) in [6.07, 6.45) is -0.0615. The van der Waals surface area contributed by atoms with Crippen LogP contribution in [0.5, 0.6) is 0 Å². The Hall–Kier alpha value is -2.51. The molecule has 0 saturated heterocycles. The third-order valence-electron chi connectivity index (χ3n) is 2.99. The maximum Gasteiger partial charge on any atom is 0.303 e. The molecule has 126 valence electrons. The molecule has 23 heavy (non-hydrogen) atoms. The Bertz CT molecular complexity index is 593. The van der Waals surface area contributed by atoms with E-state index in [1.807, 2.05) is 0 Å². The van der Waals surface area contributed by atoms with Gasteiger partial charge in [-0.05, 0) is 12.5 Å². The van der Waals surface area contributed by atoms with Crippen LogP contribution < -0.4 is 10.6 Å². The van der Waals surface area contributed by atoms with Crippen LogP contribution in [0.4, 0.5) is 8.78 Å². The standard InChI is InChI=1S/C15H18F2N2O4/c1-9(20)19-13(11-5-4-10(16)7-12(11)17)8-14(21)18-6-2-3-15(22)23/h4-5,7,13H,2-3,6,8H2,1H3,(H,18,21)(H,19,20)(H,22,23). The van der Waals surface area contributed by atoms with E-state index in [1.165, 1.54) is 13.0 Å². The molecule has 0 aliphatic rings. The minimum absolute atomic E-state index is 0.00212. The number of hydrogen-bond donors (Lipinski definition) is 3. The van der Waals surface area contributed by atoms with Crippen molar-refractivity contribution in [3.05, 3.63) is 35.4 Å². The van der Waals surface area contributed by atoms with Gasteiger partial charge in [-0.2, -0.15) is 0 Å². The second-order valence-electron chi connectivity index (χ2n) is 4.97. The predicted molar refractivity (Wildman–Crippen MR) is 77.4 cm³/mol. The molecule has 3 N–H and O–H groups in total. The molecule has 1 rings (SSSR count). The summed E-state index contributed by atoms with van der Waals surface area (Å²) in [5.74, 6) is -3.52. The van der Waals surface area contributed by atoms with E-state index in [-0.39, 0.29) is 31.4 Å². The van der Waals surface area contributed by atoms with Crippen LogP contribution in [0.15, 0.2) is 18.2 Å². The monoisotopic (exact) mass is 328 g/mol. The summed E-state index contributed by atoms with van der Waals surface area (Å²) in [4.78, 5) is 33.4. The Balaban J connectivity index is 2.69. The highest BCUT2D eigenvalue weighted by Gasteiger charge is 2.20. The van der Waals surface area contributed by atoms with E-state index in [0.29, 0.717) is 6.07 Å². The van der Waals surface area contributed by atoms with Gasteiger partial charge in [0, 0.05) is 31.5 Å². The fraction of sp³-hybridized carbons (Fsp3) is 0.400. The van der Waals surface area contributed by atoms with E-state index < -0.39 is 35.5 Å². The number of halogens is 2. The fourth-order valence-electron chi connectivity index (χ4n) is 1.99. The number of carboxylic acid groups (broad SMARTS) is 1. The molecule has 0 spiro atoms. The summed E-state index contributed by atoms with van der Waals surface area (Å²) in [6.45, 7) is 1.38. The highest BCUT2D eigenvalue weighted by Crippen LogP contribution is 2.21. The van der Waals surface area contributed by atoms with Gasteiger partial charge in [0.05, 0.1) is 12.5 Å². The van der Waals surface area contributed by atoms with Gasteiger partial charge in [-0.15, -0.1) is 0 Å². The lowest BCUT2D eigenvalue weighted by Crippen LogP contribution is -2.33. The van der Waals surface area contributed by atoms with Crippen LogP contribution in [-0.2, 0) is 14.4 Å². The molecule has 1 aromatic rings. The molecule has 2 amide bonds. The van der Waals surface area contributed by atoms with Gasteiger partial charge in [0.2, 0.25) is 11.8 Å². The summed E-state index contributed by atoms with van der Waals surface area (Å²) in [7, 11) is 0. The zero-order chi connectivity index (χ0) is 17.4. The number of nitrogens with one attached hydrogen (secondary N) is 2. The topological polar surface area (TPSA) is 95.5 Å². The van der Waals surface area contributed by atoms with Crippen molar-refractivity contribution >= 4 is 17.8 Å². The highest BCUT2D eigenvalue weighted by molar-refractivity contribution is 5.79. The normalized spacial score (nSPS) is 11.6. The Morgan fingerprint density at radius 3 is 2.52 bits per heavy atom. The van der Waals surface area contributed by atoms with E-state index in [4.69, 9.17) is 5.11 Å². The first-order chi connectivity index (χ1) is 10.8. The number of amides is 2. The first-order valence-corrected chi connectivity index (χ1v) is 7.00. The van der Waals surface area contributed by atoms with Gasteiger partial charge in [0.25, 0.3) is 0 Å². The van der Waals surface area contributed by atoms with Crippen molar-refractivity contribution in [2.24, 2.45) is 0 Å². The molecule has 0 aliphatic heterocycles. The molecule has 0 aromatic heterocycles. The smallest absolute Gasteiger partial charge is 0.303 e. The van der Waals surface area contributed by atoms with Crippen LogP contribution in [-0.4, -0.2) is 29.4 Å². The average molecular weight is 328 g/mol. The molecule has 0 bridgehead atoms. The third-order valence-corrected chi connectivity index (χ3v) is 2.99. The maximum atomic E-state index is 13.8. The van der Waals surface area contributed by atoms with Gasteiger partial charge in [0.1, 0.15) is 11.6 Å². The van der Waals surface area contributed by atoms with Crippen molar-refractivity contribution in [2.75, 3.05) is 6.54 Å². The average Bonchev–Trinajstić information content (AvgIpc) is 2.42. The van der Waals surface area contributed by atoms with Crippen molar-refractivity contribution in [3.63, 3.8) is 0 Å². The van der Waals surface area contributed by atoms with Gasteiger partial charge in [0.15, 0.2) is 0 Å². The third kappa shape index (κ3) is 6.86. The van der Waals surface area contributed by atoms with E-state index in [9.17, 15) is 23.2 Å². The predicted octanol–water partition coefficient (Wildman–Crippen LogP) is 1.51. The fourth-order valence-corrected chi connectivity index (χ4v) is 1.99. The van der Waals surface area contributed by atoms with Gasteiger partial charge in [-0.1, -0.05) is 6.07 Å². The lowest BCUT2D eigenvalue weighted by molar-refractivity contribution is -0.137. The number of carbonyl (C=O) groups is 3. The van der Waals surface area contributed by atoms with Crippen LogP contribution in [0.25, 0.3) is 0 Å². The zero-order valence-electron chi connectivity index (χ0n) is 12.6. The number of hydrogen-bond acceptors (Lipinski definition) is 3. The van der Waals surface area contributed by atoms with Gasteiger partial charge in [-0.3, -0.25) is 14.4 Å². The van der Waals surface area contributed by atoms with E-state index in [1.54, 1.807) is 0 Å². The Morgan fingerprint density at radius 1 is 1.26 bits per heavy atom. The number of carboxylic acids is 1. The molecular weight excluding hydrogens is 310 g/mol. The second-order valence-corrected chi connectivity index (χ2v) is 4.97. The second kappa shape index (κ2) is 8.82. The summed E-state index contributed by atoms with van der Waals surface area (Å²) in [5, 5.41) is 13.4. The molecule has 8 heteroatoms. The minimum Gasteiger partial charge on any atom is -0.481 e. The number of carbonyl (C=O) groups excluding carboxylic acids is 2. The molecule has 0 heterocycles. The van der Waals surface area contributed by atoms with Gasteiger partial charge >= 0.3 is 5.97 Å². The molecule has 1 aromatic carbocycles. The number of benzene rings is 1. The first kappa shape index (κ1) is 18.5. The molecule has 0 radical (unpaired) electrons. The highest BCUT2D eigenvalue weighted by atomic mass is 19.1. The number of aliphatic carboxylic acids is 1. The largest absolute Gasteiger partial charge is 0.481 e. The minimum atomic E-state index is -0.969. The van der Waals surface area contributed by atoms with Crippen LogP contribution in [0, 0.1) is 11.6 Å². The zero-order valence-corrected chi connectivity index (χ0v) is 12.6. The van der Waals surface area contributed by atoms with Gasteiger partial charge in [-0.25, -0.2) is 8.78 Å². The summed E-state index contributed by atoms with van der Waals surface area (Å²) >= 11 is 0. The molecule has 0 aliphatic carbocycles. The van der Waals surface area contributed by atoms with E-state index >= 15 is 0 Å². The molecule has 1 unspecified atom stereocenters. The van der Waals surface area contributed by atoms with Crippen LogP contribution >= 0.6 is 0 Å². The lowest BCUT2D eigenvalue weighted by atomic mass is 10.0. The Labute approximate surface area is 131 Å². The van der Waals surface area contributed by atoms with Crippen molar-refractivity contribution in [2.45, 2.75) is 32.2 Å². The molecule has 0 fully saturated rings. The molecule has 0 saturated carbocycles. The Morgan fingerprint density at radius 2 is 1.96 bits per heavy atom. The quantitative estimate of drug-likeness (QED) is 0.630. The SMILES string of the molecule is CC(=O)NC(CC(=O)NCCCC(=O)O)c1ccc(F)cc1F. The van der Waals surface area contributed by atoms with Crippen LogP contribution in [0.1, 0.15) is 37.8 Å². The maximum absolute atomic E-state index is 13.8. The molecule has 1 atom stereocenters. The summed E-state index contributed by atoms with van der Waals surface area (Å²) < 4.78 is 26.8. The van der Waals surface area contributed by atoms with Crippen LogP contribution in [0.2, 0.25) is 0 Å². The molecular formula is C15H18F2N2O4. The summed E-state index contributed by atoms with van der Waals surface area (Å²) in [5.41, 5.74) is 0.00212. The first-order valence-electron chi connectivity index (χ1n) is 7.00. The van der Waals surface area contributed by atoms with Gasteiger partial charge < -0.3 is 15.7 Å². The van der Waals surface area contributed by atoms with Crippen molar-refractivity contribution in [1.82, 2.24) is 10.6 Å². The number of rotatable bonds is 8. The summed E-state index contributed by atoms with van der Waals surface area (Å²) in [6, 6.07) is 1.95. The lowest BCUT2D eigenvalue weighted by Gasteiger charge is -2.18. The molecule has 6 nitrogen and oxygen atoms in total. The van der Waals surface area contributed by atoms with E-state index in [2.05, 4.69) is 10.6 Å². The Kier molecular flexibility index (Phi) is 7.11. The van der Waals surface area contributed by atoms with Crippen molar-refractivity contribution in [3.8, 4) is 0 Å². The van der Waals surface area contributed by atoms with Crippen LogP contribution in [0.3, 0.4) is 0 Å². The van der Waals surface area contributed by atoms with Crippen molar-refractivity contribution in [1.29, 1.82) is 0 Å².